The van der Waals surface area contributed by atoms with Gasteiger partial charge in [-0.05, 0) is 13.8 Å². The van der Waals surface area contributed by atoms with Crippen molar-refractivity contribution in [2.75, 3.05) is 0 Å². The van der Waals surface area contributed by atoms with E-state index in [2.05, 4.69) is 36.2 Å². The van der Waals surface area contributed by atoms with Gasteiger partial charge < -0.3 is 0 Å². The molecule has 0 amide bonds. The van der Waals surface area contributed by atoms with E-state index in [9.17, 15) is 4.79 Å². The van der Waals surface area contributed by atoms with Gasteiger partial charge in [0, 0.05) is 24.4 Å². The molecule has 2 aromatic heterocycles. The minimum Gasteiger partial charge on any atom is -0.294 e. The normalized spacial score (nSPS) is 11.1. The summed E-state index contributed by atoms with van der Waals surface area (Å²) in [5.41, 5.74) is 4.26. The minimum absolute atomic E-state index is 0.102. The topological polar surface area (TPSA) is 34.4 Å². The molecule has 0 bridgehead atoms. The molecule has 0 radical (unpaired) electrons. The van der Waals surface area contributed by atoms with Crippen molar-refractivity contribution in [3.05, 3.63) is 46.6 Å². The first kappa shape index (κ1) is 12.1. The number of benzene rings is 1. The fourth-order valence-corrected chi connectivity index (χ4v) is 3.14. The van der Waals surface area contributed by atoms with Gasteiger partial charge in [-0.2, -0.15) is 0 Å². The second kappa shape index (κ2) is 4.31. The lowest BCUT2D eigenvalue weighted by molar-refractivity contribution is 0.102. The van der Waals surface area contributed by atoms with Crippen molar-refractivity contribution in [1.82, 2.24) is 9.38 Å². The van der Waals surface area contributed by atoms with Gasteiger partial charge in [-0.25, -0.2) is 4.98 Å². The third-order valence-electron chi connectivity index (χ3n) is 3.22. The van der Waals surface area contributed by atoms with Crippen molar-refractivity contribution < 1.29 is 4.79 Å². The van der Waals surface area contributed by atoms with Crippen LogP contribution in [0.5, 0.6) is 0 Å². The molecule has 0 atom stereocenters. The summed E-state index contributed by atoms with van der Waals surface area (Å²) >= 11 is 1.45. The Kier molecular flexibility index (Phi) is 2.75. The number of carbonyl (C=O) groups excluding carboxylic acids is 1. The number of ketones is 1. The highest BCUT2D eigenvalue weighted by Gasteiger charge is 2.14. The van der Waals surface area contributed by atoms with E-state index in [0.29, 0.717) is 0 Å². The SMILES string of the molecule is CC(=O)c1sc2nc(-c3ccc(C)cc3)cn2c1C. The van der Waals surface area contributed by atoms with Gasteiger partial charge in [0.1, 0.15) is 0 Å². The molecule has 0 aliphatic rings. The summed E-state index contributed by atoms with van der Waals surface area (Å²) in [6, 6.07) is 8.30. The van der Waals surface area contributed by atoms with Crippen molar-refractivity contribution in [3.63, 3.8) is 0 Å². The number of fused-ring (bicyclic) bond motifs is 1. The second-order valence-electron chi connectivity index (χ2n) is 4.72. The van der Waals surface area contributed by atoms with Crippen LogP contribution in [0.2, 0.25) is 0 Å². The van der Waals surface area contributed by atoms with Crippen LogP contribution in [0.15, 0.2) is 30.5 Å². The summed E-state index contributed by atoms with van der Waals surface area (Å²) in [7, 11) is 0. The van der Waals surface area contributed by atoms with Crippen molar-refractivity contribution in [3.8, 4) is 11.3 Å². The summed E-state index contributed by atoms with van der Waals surface area (Å²) in [5, 5.41) is 0. The van der Waals surface area contributed by atoms with E-state index < -0.39 is 0 Å². The molecule has 19 heavy (non-hydrogen) atoms. The van der Waals surface area contributed by atoms with Crippen LogP contribution in [0, 0.1) is 13.8 Å². The molecule has 0 aliphatic carbocycles. The number of Topliss-reactive ketones (excluding diaryl/α,β-unsaturated/α-hetero) is 1. The standard InChI is InChI=1S/C15H14N2OS/c1-9-4-6-12(7-5-9)13-8-17-10(2)14(11(3)18)19-15(17)16-13/h4-8H,1-3H3. The molecule has 0 unspecified atom stereocenters. The average molecular weight is 270 g/mol. The van der Waals surface area contributed by atoms with Gasteiger partial charge in [0.15, 0.2) is 10.7 Å². The van der Waals surface area contributed by atoms with Crippen molar-refractivity contribution in [2.45, 2.75) is 20.8 Å². The molecule has 3 aromatic rings. The van der Waals surface area contributed by atoms with Crippen LogP contribution < -0.4 is 0 Å². The van der Waals surface area contributed by atoms with Gasteiger partial charge in [0.25, 0.3) is 0 Å². The van der Waals surface area contributed by atoms with E-state index in [1.807, 2.05) is 17.5 Å². The molecule has 4 heteroatoms. The Labute approximate surface area is 115 Å². The van der Waals surface area contributed by atoms with E-state index in [4.69, 9.17) is 0 Å². The Bertz CT molecular complexity index is 765. The van der Waals surface area contributed by atoms with Crippen LogP contribution in [-0.4, -0.2) is 15.2 Å². The molecular formula is C15H14N2OS. The van der Waals surface area contributed by atoms with E-state index >= 15 is 0 Å². The van der Waals surface area contributed by atoms with Gasteiger partial charge in [-0.3, -0.25) is 9.20 Å². The zero-order valence-electron chi connectivity index (χ0n) is 11.1. The lowest BCUT2D eigenvalue weighted by Crippen LogP contribution is -1.92. The van der Waals surface area contributed by atoms with Crippen LogP contribution in [-0.2, 0) is 0 Å². The summed E-state index contributed by atoms with van der Waals surface area (Å²) in [6.07, 6.45) is 2.00. The quantitative estimate of drug-likeness (QED) is 0.662. The zero-order chi connectivity index (χ0) is 13.6. The summed E-state index contributed by atoms with van der Waals surface area (Å²) in [5.74, 6) is 0.102. The number of thiazole rings is 1. The van der Waals surface area contributed by atoms with Crippen molar-refractivity contribution in [1.29, 1.82) is 0 Å². The number of rotatable bonds is 2. The number of hydrogen-bond donors (Lipinski definition) is 0. The molecular weight excluding hydrogens is 256 g/mol. The number of aromatic nitrogens is 2. The maximum atomic E-state index is 11.5. The maximum Gasteiger partial charge on any atom is 0.195 e. The van der Waals surface area contributed by atoms with Gasteiger partial charge in [-0.15, -0.1) is 0 Å². The Morgan fingerprint density at radius 2 is 1.89 bits per heavy atom. The highest BCUT2D eigenvalue weighted by molar-refractivity contribution is 7.19. The van der Waals surface area contributed by atoms with Crippen LogP contribution in [0.3, 0.4) is 0 Å². The molecule has 0 spiro atoms. The first-order valence-corrected chi connectivity index (χ1v) is 6.94. The molecule has 0 saturated carbocycles. The van der Waals surface area contributed by atoms with E-state index in [-0.39, 0.29) is 5.78 Å². The molecule has 2 heterocycles. The maximum absolute atomic E-state index is 11.5. The summed E-state index contributed by atoms with van der Waals surface area (Å²) < 4.78 is 2.00. The largest absolute Gasteiger partial charge is 0.294 e. The molecule has 3 nitrogen and oxygen atoms in total. The van der Waals surface area contributed by atoms with Gasteiger partial charge in [-0.1, -0.05) is 41.2 Å². The van der Waals surface area contributed by atoms with Crippen LogP contribution in [0.4, 0.5) is 0 Å². The van der Waals surface area contributed by atoms with Gasteiger partial charge in [0.05, 0.1) is 10.6 Å². The lowest BCUT2D eigenvalue weighted by atomic mass is 10.1. The lowest BCUT2D eigenvalue weighted by Gasteiger charge is -1.97. The second-order valence-corrected chi connectivity index (χ2v) is 5.70. The van der Waals surface area contributed by atoms with E-state index in [0.717, 1.165) is 26.8 Å². The molecule has 3 rings (SSSR count). The molecule has 96 valence electrons. The van der Waals surface area contributed by atoms with Crippen molar-refractivity contribution in [2.24, 2.45) is 0 Å². The number of carbonyl (C=O) groups is 1. The van der Waals surface area contributed by atoms with E-state index in [1.165, 1.54) is 16.9 Å². The highest BCUT2D eigenvalue weighted by atomic mass is 32.1. The monoisotopic (exact) mass is 270 g/mol. The fraction of sp³-hybridized carbons (Fsp3) is 0.200. The van der Waals surface area contributed by atoms with Gasteiger partial charge in [0.2, 0.25) is 0 Å². The molecule has 0 aliphatic heterocycles. The highest BCUT2D eigenvalue weighted by Crippen LogP contribution is 2.27. The summed E-state index contributed by atoms with van der Waals surface area (Å²) in [6.45, 7) is 5.62. The number of nitrogens with zero attached hydrogens (tertiary/aromatic N) is 2. The Balaban J connectivity index is 2.13. The smallest absolute Gasteiger partial charge is 0.195 e. The average Bonchev–Trinajstić information content (AvgIpc) is 2.90. The summed E-state index contributed by atoms with van der Waals surface area (Å²) in [4.78, 5) is 17.8. The van der Waals surface area contributed by atoms with Crippen LogP contribution >= 0.6 is 11.3 Å². The Morgan fingerprint density at radius 3 is 2.47 bits per heavy atom. The Morgan fingerprint density at radius 1 is 1.21 bits per heavy atom. The van der Waals surface area contributed by atoms with Gasteiger partial charge >= 0.3 is 0 Å². The Hall–Kier alpha value is -1.94. The first-order chi connectivity index (χ1) is 9.06. The number of imidazole rings is 1. The minimum atomic E-state index is 0.102. The zero-order valence-corrected chi connectivity index (χ0v) is 11.9. The predicted octanol–water partition coefficient (Wildman–Crippen LogP) is 3.88. The third-order valence-corrected chi connectivity index (χ3v) is 4.48. The fourth-order valence-electron chi connectivity index (χ4n) is 2.14. The number of aryl methyl sites for hydroxylation is 2. The van der Waals surface area contributed by atoms with E-state index in [1.54, 1.807) is 6.92 Å². The van der Waals surface area contributed by atoms with Crippen LogP contribution in [0.25, 0.3) is 16.2 Å². The molecule has 0 N–H and O–H groups in total. The van der Waals surface area contributed by atoms with Crippen molar-refractivity contribution >= 4 is 22.1 Å². The molecule has 0 fully saturated rings. The van der Waals surface area contributed by atoms with Crippen LogP contribution in [0.1, 0.15) is 27.9 Å². The third kappa shape index (κ3) is 1.98. The molecule has 1 aromatic carbocycles. The first-order valence-electron chi connectivity index (χ1n) is 6.13. The molecule has 0 saturated heterocycles. The number of hydrogen-bond acceptors (Lipinski definition) is 3. The predicted molar refractivity (Wildman–Crippen MR) is 78.0 cm³/mol.